The molecule has 0 aromatic carbocycles. The third kappa shape index (κ3) is 5.60. The lowest BCUT2D eigenvalue weighted by Gasteiger charge is -2.29. The van der Waals surface area contributed by atoms with Crippen LogP contribution in [0.1, 0.15) is 31.6 Å². The van der Waals surface area contributed by atoms with E-state index in [4.69, 9.17) is 4.74 Å². The maximum absolute atomic E-state index is 12.3. The van der Waals surface area contributed by atoms with E-state index < -0.39 is 12.1 Å². The van der Waals surface area contributed by atoms with Gasteiger partial charge in [-0.2, -0.15) is 0 Å². The van der Waals surface area contributed by atoms with Gasteiger partial charge >= 0.3 is 6.03 Å². The molecule has 23 heavy (non-hydrogen) atoms. The van der Waals surface area contributed by atoms with E-state index in [0.29, 0.717) is 19.6 Å². The van der Waals surface area contributed by atoms with Crippen molar-refractivity contribution in [2.75, 3.05) is 19.7 Å². The Morgan fingerprint density at radius 3 is 2.96 bits per heavy atom. The second-order valence-corrected chi connectivity index (χ2v) is 6.70. The summed E-state index contributed by atoms with van der Waals surface area (Å²) >= 11 is 1.67. The van der Waals surface area contributed by atoms with Gasteiger partial charge in [0.2, 0.25) is 5.91 Å². The molecular weight excluding hydrogens is 314 g/mol. The van der Waals surface area contributed by atoms with Crippen molar-refractivity contribution >= 4 is 23.3 Å². The predicted molar refractivity (Wildman–Crippen MR) is 90.4 cm³/mol. The molecule has 6 nitrogen and oxygen atoms in total. The van der Waals surface area contributed by atoms with Crippen LogP contribution in [-0.2, 0) is 16.1 Å². The summed E-state index contributed by atoms with van der Waals surface area (Å²) in [7, 11) is 0. The molecule has 1 fully saturated rings. The Hall–Kier alpha value is -1.44. The summed E-state index contributed by atoms with van der Waals surface area (Å²) in [5.41, 5.74) is 0. The van der Waals surface area contributed by atoms with Crippen LogP contribution in [0.4, 0.5) is 4.79 Å². The normalized spacial score (nSPS) is 18.8. The highest BCUT2D eigenvalue weighted by atomic mass is 32.1. The second-order valence-electron chi connectivity index (χ2n) is 5.67. The summed E-state index contributed by atoms with van der Waals surface area (Å²) in [5, 5.41) is 7.00. The van der Waals surface area contributed by atoms with Crippen LogP contribution in [0.25, 0.3) is 0 Å². The molecule has 3 amide bonds. The van der Waals surface area contributed by atoms with Crippen molar-refractivity contribution in [3.63, 3.8) is 0 Å². The van der Waals surface area contributed by atoms with Crippen LogP contribution < -0.4 is 10.6 Å². The molecule has 0 saturated carbocycles. The maximum Gasteiger partial charge on any atom is 0.321 e. The van der Waals surface area contributed by atoms with Crippen molar-refractivity contribution < 1.29 is 14.3 Å². The van der Waals surface area contributed by atoms with E-state index in [1.807, 2.05) is 25.3 Å². The molecule has 1 saturated heterocycles. The highest BCUT2D eigenvalue weighted by Crippen LogP contribution is 2.19. The monoisotopic (exact) mass is 339 g/mol. The fraction of sp³-hybridized carbons (Fsp3) is 0.625. The zero-order valence-electron chi connectivity index (χ0n) is 13.7. The smallest absolute Gasteiger partial charge is 0.321 e. The van der Waals surface area contributed by atoms with E-state index in [2.05, 4.69) is 21.6 Å². The minimum Gasteiger partial charge on any atom is -0.377 e. The number of thiophene rings is 1. The molecule has 1 aromatic rings. The minimum absolute atomic E-state index is 0.162. The van der Waals surface area contributed by atoms with E-state index in [0.717, 1.165) is 19.4 Å². The van der Waals surface area contributed by atoms with Gasteiger partial charge in [-0.15, -0.1) is 11.3 Å². The summed E-state index contributed by atoms with van der Waals surface area (Å²) in [6.45, 7) is 6.30. The van der Waals surface area contributed by atoms with Crippen molar-refractivity contribution in [2.45, 2.75) is 45.4 Å². The van der Waals surface area contributed by atoms with Gasteiger partial charge in [-0.25, -0.2) is 4.79 Å². The molecule has 2 atom stereocenters. The Labute approximate surface area is 141 Å². The number of hydrogen-bond acceptors (Lipinski definition) is 5. The Kier molecular flexibility index (Phi) is 7.01. The molecule has 0 radical (unpaired) electrons. The zero-order valence-corrected chi connectivity index (χ0v) is 14.5. The number of urea groups is 1. The first-order valence-corrected chi connectivity index (χ1v) is 8.94. The van der Waals surface area contributed by atoms with E-state index in [-0.39, 0.29) is 12.0 Å². The van der Waals surface area contributed by atoms with E-state index >= 15 is 0 Å². The van der Waals surface area contributed by atoms with E-state index in [1.54, 1.807) is 11.3 Å². The number of rotatable bonds is 7. The lowest BCUT2D eigenvalue weighted by Crippen LogP contribution is -2.50. The first kappa shape index (κ1) is 17.9. The average molecular weight is 339 g/mol. The van der Waals surface area contributed by atoms with Gasteiger partial charge in [0.15, 0.2) is 0 Å². The Morgan fingerprint density at radius 2 is 2.35 bits per heavy atom. The molecule has 1 aromatic heterocycles. The van der Waals surface area contributed by atoms with Gasteiger partial charge in [-0.3, -0.25) is 15.0 Å². The highest BCUT2D eigenvalue weighted by Gasteiger charge is 2.27. The van der Waals surface area contributed by atoms with Crippen LogP contribution in [0.2, 0.25) is 0 Å². The Bertz CT molecular complexity index is 501. The molecule has 2 rings (SSSR count). The van der Waals surface area contributed by atoms with Gasteiger partial charge in [0, 0.05) is 31.1 Å². The molecule has 128 valence electrons. The molecule has 2 heterocycles. The van der Waals surface area contributed by atoms with Crippen LogP contribution in [-0.4, -0.2) is 48.7 Å². The van der Waals surface area contributed by atoms with Gasteiger partial charge < -0.3 is 10.1 Å². The topological polar surface area (TPSA) is 70.7 Å². The van der Waals surface area contributed by atoms with E-state index in [9.17, 15) is 9.59 Å². The van der Waals surface area contributed by atoms with Gasteiger partial charge in [0.05, 0.1) is 12.1 Å². The minimum atomic E-state index is -0.447. The fourth-order valence-electron chi connectivity index (χ4n) is 2.60. The van der Waals surface area contributed by atoms with Gasteiger partial charge in [-0.1, -0.05) is 6.07 Å². The molecule has 2 N–H and O–H groups in total. The second kappa shape index (κ2) is 9.00. The highest BCUT2D eigenvalue weighted by molar-refractivity contribution is 7.09. The Morgan fingerprint density at radius 1 is 1.52 bits per heavy atom. The largest absolute Gasteiger partial charge is 0.377 e. The number of ether oxygens (including phenoxy) is 1. The molecular formula is C16H25N3O3S. The van der Waals surface area contributed by atoms with Crippen LogP contribution in [0, 0.1) is 0 Å². The number of carbonyl (C=O) groups excluding carboxylic acids is 2. The maximum atomic E-state index is 12.3. The van der Waals surface area contributed by atoms with E-state index in [1.165, 1.54) is 4.88 Å². The molecule has 7 heteroatoms. The Balaban J connectivity index is 1.98. The first-order valence-electron chi connectivity index (χ1n) is 8.07. The van der Waals surface area contributed by atoms with Crippen molar-refractivity contribution in [3.8, 4) is 0 Å². The number of hydrogen-bond donors (Lipinski definition) is 2. The molecule has 0 aliphatic carbocycles. The van der Waals surface area contributed by atoms with Crippen LogP contribution in [0.3, 0.4) is 0 Å². The van der Waals surface area contributed by atoms with Crippen molar-refractivity contribution in [3.05, 3.63) is 22.4 Å². The molecule has 2 unspecified atom stereocenters. The molecule has 1 aliphatic rings. The quantitative estimate of drug-likeness (QED) is 0.797. The molecule has 0 spiro atoms. The van der Waals surface area contributed by atoms with Crippen molar-refractivity contribution in [1.82, 2.24) is 15.5 Å². The summed E-state index contributed by atoms with van der Waals surface area (Å²) < 4.78 is 5.70. The zero-order chi connectivity index (χ0) is 16.7. The molecule has 0 bridgehead atoms. The van der Waals surface area contributed by atoms with Gasteiger partial charge in [-0.05, 0) is 38.1 Å². The van der Waals surface area contributed by atoms with Crippen LogP contribution in [0.5, 0.6) is 0 Å². The third-order valence-electron chi connectivity index (χ3n) is 3.90. The predicted octanol–water partition coefficient (Wildman–Crippen LogP) is 1.96. The van der Waals surface area contributed by atoms with Gasteiger partial charge in [0.1, 0.15) is 0 Å². The summed E-state index contributed by atoms with van der Waals surface area (Å²) in [6, 6.07) is 3.21. The summed E-state index contributed by atoms with van der Waals surface area (Å²) in [4.78, 5) is 27.2. The van der Waals surface area contributed by atoms with Crippen LogP contribution in [0.15, 0.2) is 17.5 Å². The fourth-order valence-corrected chi connectivity index (χ4v) is 3.33. The number of carbonyl (C=O) groups is 2. The number of nitrogens with zero attached hydrogens (tertiary/aromatic N) is 1. The molecule has 1 aliphatic heterocycles. The van der Waals surface area contributed by atoms with Crippen molar-refractivity contribution in [2.24, 2.45) is 0 Å². The number of imide groups is 1. The lowest BCUT2D eigenvalue weighted by atomic mass is 10.2. The van der Waals surface area contributed by atoms with Crippen LogP contribution >= 0.6 is 11.3 Å². The average Bonchev–Trinajstić information content (AvgIpc) is 3.19. The lowest BCUT2D eigenvalue weighted by molar-refractivity contribution is -0.125. The van der Waals surface area contributed by atoms with Crippen molar-refractivity contribution in [1.29, 1.82) is 0 Å². The third-order valence-corrected chi connectivity index (χ3v) is 4.76. The van der Waals surface area contributed by atoms with Gasteiger partial charge in [0.25, 0.3) is 0 Å². The first-order chi connectivity index (χ1) is 11.1. The number of nitrogens with one attached hydrogen (secondary N) is 2. The number of amides is 3. The summed E-state index contributed by atoms with van der Waals surface area (Å²) in [6.07, 6.45) is 2.25. The standard InChI is InChI=1S/C16H25N3O3S/c1-3-17-16(21)18-15(20)12(2)19(10-13-6-4-8-22-13)11-14-7-5-9-23-14/h5,7,9,12-13H,3-4,6,8,10-11H2,1-2H3,(H2,17,18,20,21). The SMILES string of the molecule is CCNC(=O)NC(=O)C(C)N(Cc1cccs1)CC1CCCO1. The summed E-state index contributed by atoms with van der Waals surface area (Å²) in [5.74, 6) is -0.287.